The minimum absolute atomic E-state index is 0.133. The second-order valence-corrected chi connectivity index (χ2v) is 4.57. The van der Waals surface area contributed by atoms with Gasteiger partial charge in [0.25, 0.3) is 0 Å². The highest BCUT2D eigenvalue weighted by molar-refractivity contribution is 5.65. The summed E-state index contributed by atoms with van der Waals surface area (Å²) in [5.41, 5.74) is -2.71. The maximum Gasteiger partial charge on any atom is 0.418 e. The maximum atomic E-state index is 12.9. The monoisotopic (exact) mass is 330 g/mol. The molecule has 0 spiro atoms. The number of hydrogen-bond donors (Lipinski definition) is 1. The molecule has 0 aromatic heterocycles. The van der Waals surface area contributed by atoms with Gasteiger partial charge in [0.15, 0.2) is 0 Å². The first-order valence-corrected chi connectivity index (χ1v) is 6.17. The molecule has 1 N–H and O–H groups in total. The number of anilines is 2. The molecule has 0 aliphatic carbocycles. The first-order chi connectivity index (χ1) is 10.6. The molecule has 0 fully saturated rings. The van der Waals surface area contributed by atoms with Crippen molar-refractivity contribution in [1.29, 1.82) is 5.26 Å². The van der Waals surface area contributed by atoms with Crippen molar-refractivity contribution in [3.8, 4) is 6.07 Å². The average Bonchev–Trinajstić information content (AvgIpc) is 2.46. The van der Waals surface area contributed by atoms with Crippen LogP contribution in [-0.4, -0.2) is 0 Å². The molecule has 0 bridgehead atoms. The number of hydrogen-bond acceptors (Lipinski definition) is 2. The van der Waals surface area contributed by atoms with Crippen molar-refractivity contribution < 1.29 is 26.3 Å². The Morgan fingerprint density at radius 1 is 0.826 bits per heavy atom. The zero-order valence-electron chi connectivity index (χ0n) is 11.3. The van der Waals surface area contributed by atoms with Crippen molar-refractivity contribution >= 4 is 11.4 Å². The molecule has 23 heavy (non-hydrogen) atoms. The number of benzene rings is 2. The van der Waals surface area contributed by atoms with E-state index >= 15 is 0 Å². The molecule has 0 saturated heterocycles. The first-order valence-electron chi connectivity index (χ1n) is 6.17. The number of nitriles is 1. The van der Waals surface area contributed by atoms with Gasteiger partial charge in [0.1, 0.15) is 0 Å². The molecule has 0 heterocycles. The van der Waals surface area contributed by atoms with Crippen LogP contribution in [0, 0.1) is 11.3 Å². The molecule has 2 aromatic carbocycles. The van der Waals surface area contributed by atoms with Gasteiger partial charge in [-0.25, -0.2) is 0 Å². The normalized spacial score (nSPS) is 11.9. The third-order valence-electron chi connectivity index (χ3n) is 2.95. The highest BCUT2D eigenvalue weighted by Gasteiger charge is 2.37. The standard InChI is InChI=1S/C15H8F6N2/c16-14(17,18)10-3-6-12(15(19,20)21)13(7-10)23-11-4-1-9(8-22)2-5-11/h1-7,23H. The molecule has 0 radical (unpaired) electrons. The number of alkyl halides is 6. The molecule has 120 valence electrons. The second-order valence-electron chi connectivity index (χ2n) is 4.57. The summed E-state index contributed by atoms with van der Waals surface area (Å²) in [6.07, 6.45) is -9.57. The Balaban J connectivity index is 2.46. The van der Waals surface area contributed by atoms with Gasteiger partial charge in [-0.15, -0.1) is 0 Å². The van der Waals surface area contributed by atoms with E-state index in [1.165, 1.54) is 24.3 Å². The molecule has 0 aliphatic heterocycles. The SMILES string of the molecule is N#Cc1ccc(Nc2cc(C(F)(F)F)ccc2C(F)(F)F)cc1. The van der Waals surface area contributed by atoms with Gasteiger partial charge in [0.05, 0.1) is 28.4 Å². The van der Waals surface area contributed by atoms with Crippen LogP contribution in [0.1, 0.15) is 16.7 Å². The highest BCUT2D eigenvalue weighted by atomic mass is 19.4. The summed E-state index contributed by atoms with van der Waals surface area (Å²) < 4.78 is 76.9. The summed E-state index contributed by atoms with van der Waals surface area (Å²) >= 11 is 0. The zero-order valence-corrected chi connectivity index (χ0v) is 11.3. The summed E-state index contributed by atoms with van der Waals surface area (Å²) in [7, 11) is 0. The third kappa shape index (κ3) is 3.94. The smallest absolute Gasteiger partial charge is 0.355 e. The molecule has 2 nitrogen and oxygen atoms in total. The molecule has 8 heteroatoms. The fraction of sp³-hybridized carbons (Fsp3) is 0.133. The summed E-state index contributed by atoms with van der Waals surface area (Å²) in [6, 6.07) is 8.28. The molecule has 2 rings (SSSR count). The summed E-state index contributed by atoms with van der Waals surface area (Å²) in [4.78, 5) is 0. The van der Waals surface area contributed by atoms with Gasteiger partial charge in [0.2, 0.25) is 0 Å². The lowest BCUT2D eigenvalue weighted by Gasteiger charge is -2.17. The number of halogens is 6. The van der Waals surface area contributed by atoms with Crippen LogP contribution < -0.4 is 5.32 Å². The predicted octanol–water partition coefficient (Wildman–Crippen LogP) is 5.34. The van der Waals surface area contributed by atoms with E-state index in [1.54, 1.807) is 0 Å². The largest absolute Gasteiger partial charge is 0.418 e. The number of nitrogens with zero attached hydrogens (tertiary/aromatic N) is 1. The van der Waals surface area contributed by atoms with Gasteiger partial charge in [-0.2, -0.15) is 31.6 Å². The van der Waals surface area contributed by atoms with E-state index in [9.17, 15) is 26.3 Å². The molecule has 2 aromatic rings. The Bertz CT molecular complexity index is 739. The minimum atomic E-state index is -4.81. The Labute approximate surface area is 127 Å². The van der Waals surface area contributed by atoms with Crippen LogP contribution in [0.15, 0.2) is 42.5 Å². The first kappa shape index (κ1) is 16.7. The van der Waals surface area contributed by atoms with E-state index in [-0.39, 0.29) is 11.3 Å². The lowest BCUT2D eigenvalue weighted by Crippen LogP contribution is -2.12. The lowest BCUT2D eigenvalue weighted by atomic mass is 10.1. The molecular formula is C15H8F6N2. The molecular weight excluding hydrogens is 322 g/mol. The van der Waals surface area contributed by atoms with Crippen LogP contribution in [-0.2, 0) is 12.4 Å². The summed E-state index contributed by atoms with van der Waals surface area (Å²) in [6.45, 7) is 0. The average molecular weight is 330 g/mol. The third-order valence-corrected chi connectivity index (χ3v) is 2.95. The Hall–Kier alpha value is -2.69. The van der Waals surface area contributed by atoms with Gasteiger partial charge in [-0.1, -0.05) is 0 Å². The van der Waals surface area contributed by atoms with Crippen molar-refractivity contribution in [2.75, 3.05) is 5.32 Å². The van der Waals surface area contributed by atoms with Crippen molar-refractivity contribution in [2.24, 2.45) is 0 Å². The number of nitrogens with one attached hydrogen (secondary N) is 1. The van der Waals surface area contributed by atoms with Crippen LogP contribution in [0.25, 0.3) is 0 Å². The van der Waals surface area contributed by atoms with Crippen molar-refractivity contribution in [3.63, 3.8) is 0 Å². The zero-order chi connectivity index (χ0) is 17.3. The summed E-state index contributed by atoms with van der Waals surface area (Å²) in [5.74, 6) is 0. The summed E-state index contributed by atoms with van der Waals surface area (Å²) in [5, 5.41) is 11.0. The Morgan fingerprint density at radius 3 is 1.91 bits per heavy atom. The van der Waals surface area contributed by atoms with E-state index in [0.717, 1.165) is 0 Å². The maximum absolute atomic E-state index is 12.9. The minimum Gasteiger partial charge on any atom is -0.355 e. The van der Waals surface area contributed by atoms with Gasteiger partial charge in [-0.05, 0) is 42.5 Å². The van der Waals surface area contributed by atoms with Crippen molar-refractivity contribution in [2.45, 2.75) is 12.4 Å². The predicted molar refractivity (Wildman–Crippen MR) is 70.9 cm³/mol. The van der Waals surface area contributed by atoms with E-state index in [4.69, 9.17) is 5.26 Å². The van der Waals surface area contributed by atoms with E-state index in [0.29, 0.717) is 18.2 Å². The topological polar surface area (TPSA) is 35.8 Å². The van der Waals surface area contributed by atoms with Gasteiger partial charge in [0, 0.05) is 5.69 Å². The Kier molecular flexibility index (Phi) is 4.23. The molecule has 0 amide bonds. The molecule has 0 unspecified atom stereocenters. The molecule has 0 aliphatic rings. The highest BCUT2D eigenvalue weighted by Crippen LogP contribution is 2.39. The van der Waals surface area contributed by atoms with Gasteiger partial charge in [-0.3, -0.25) is 0 Å². The molecule has 0 atom stereocenters. The fourth-order valence-electron chi connectivity index (χ4n) is 1.85. The fourth-order valence-corrected chi connectivity index (χ4v) is 1.85. The van der Waals surface area contributed by atoms with E-state index in [1.807, 2.05) is 6.07 Å². The van der Waals surface area contributed by atoms with Gasteiger partial charge < -0.3 is 5.32 Å². The van der Waals surface area contributed by atoms with Crippen molar-refractivity contribution in [3.05, 3.63) is 59.2 Å². The van der Waals surface area contributed by atoms with E-state index < -0.39 is 29.2 Å². The van der Waals surface area contributed by atoms with Crippen LogP contribution >= 0.6 is 0 Å². The Morgan fingerprint density at radius 2 is 1.43 bits per heavy atom. The second kappa shape index (κ2) is 5.83. The van der Waals surface area contributed by atoms with Crippen LogP contribution in [0.2, 0.25) is 0 Å². The van der Waals surface area contributed by atoms with E-state index in [2.05, 4.69) is 5.32 Å². The molecule has 0 saturated carbocycles. The van der Waals surface area contributed by atoms with Gasteiger partial charge >= 0.3 is 12.4 Å². The van der Waals surface area contributed by atoms with Crippen LogP contribution in [0.4, 0.5) is 37.7 Å². The van der Waals surface area contributed by atoms with Crippen molar-refractivity contribution in [1.82, 2.24) is 0 Å². The van der Waals surface area contributed by atoms with Crippen LogP contribution in [0.3, 0.4) is 0 Å². The lowest BCUT2D eigenvalue weighted by molar-refractivity contribution is -0.140. The number of rotatable bonds is 2. The van der Waals surface area contributed by atoms with Crippen LogP contribution in [0.5, 0.6) is 0 Å². The quantitative estimate of drug-likeness (QED) is 0.755.